The second kappa shape index (κ2) is 7.71. The molecule has 0 heterocycles. The van der Waals surface area contributed by atoms with E-state index in [9.17, 15) is 9.59 Å². The third kappa shape index (κ3) is 4.51. The summed E-state index contributed by atoms with van der Waals surface area (Å²) in [7, 11) is 0. The van der Waals surface area contributed by atoms with Crippen LogP contribution in [0.5, 0.6) is 0 Å². The van der Waals surface area contributed by atoms with Crippen LogP contribution in [0.15, 0.2) is 37.4 Å². The van der Waals surface area contributed by atoms with Crippen LogP contribution in [-0.4, -0.2) is 35.1 Å². The van der Waals surface area contributed by atoms with E-state index in [2.05, 4.69) is 18.5 Å². The number of carbonyl (C=O) groups excluding carboxylic acids is 1. The Hall–Kier alpha value is -1.98. The van der Waals surface area contributed by atoms with Crippen LogP contribution < -0.4 is 5.32 Å². The molecule has 1 aromatic carbocycles. The van der Waals surface area contributed by atoms with Gasteiger partial charge in [-0.15, -0.1) is 13.2 Å². The number of nitrogens with zero attached hydrogens (tertiary/aromatic N) is 1. The lowest BCUT2D eigenvalue weighted by Gasteiger charge is -2.20. The second-order valence-corrected chi connectivity index (χ2v) is 4.85. The van der Waals surface area contributed by atoms with Gasteiger partial charge in [-0.05, 0) is 12.1 Å². The molecule has 0 aromatic heterocycles. The predicted octanol–water partition coefficient (Wildman–Crippen LogP) is 3.90. The lowest BCUT2D eigenvalue weighted by atomic mass is 10.2. The van der Waals surface area contributed by atoms with Crippen LogP contribution in [0.4, 0.5) is 10.5 Å². The van der Waals surface area contributed by atoms with Crippen molar-refractivity contribution in [1.29, 1.82) is 0 Å². The number of rotatable bonds is 6. The first-order chi connectivity index (χ1) is 9.90. The van der Waals surface area contributed by atoms with Crippen LogP contribution >= 0.6 is 23.2 Å². The van der Waals surface area contributed by atoms with E-state index >= 15 is 0 Å². The number of urea groups is 1. The van der Waals surface area contributed by atoms with Gasteiger partial charge in [-0.1, -0.05) is 35.4 Å². The van der Waals surface area contributed by atoms with E-state index in [4.69, 9.17) is 28.3 Å². The maximum absolute atomic E-state index is 12.1. The van der Waals surface area contributed by atoms with E-state index in [1.807, 2.05) is 0 Å². The Kier molecular flexibility index (Phi) is 6.27. The highest BCUT2D eigenvalue weighted by atomic mass is 35.5. The quantitative estimate of drug-likeness (QED) is 0.778. The Morgan fingerprint density at radius 3 is 2.05 bits per heavy atom. The molecular weight excluding hydrogens is 315 g/mol. The van der Waals surface area contributed by atoms with E-state index in [1.165, 1.54) is 17.0 Å². The highest BCUT2D eigenvalue weighted by molar-refractivity contribution is 6.40. The molecule has 0 saturated heterocycles. The summed E-state index contributed by atoms with van der Waals surface area (Å²) in [6.45, 7) is 7.77. The molecule has 0 saturated carbocycles. The minimum atomic E-state index is -1.16. The van der Waals surface area contributed by atoms with Crippen LogP contribution in [0.25, 0.3) is 0 Å². The fourth-order valence-electron chi connectivity index (χ4n) is 1.55. The van der Waals surface area contributed by atoms with Gasteiger partial charge < -0.3 is 15.3 Å². The third-order valence-electron chi connectivity index (χ3n) is 2.51. The minimum absolute atomic E-state index is 0.0467. The van der Waals surface area contributed by atoms with Crippen LogP contribution in [0.3, 0.4) is 0 Å². The Morgan fingerprint density at radius 1 is 1.19 bits per heavy atom. The summed E-state index contributed by atoms with van der Waals surface area (Å²) < 4.78 is 0. The summed E-state index contributed by atoms with van der Waals surface area (Å²) in [5.74, 6) is -1.16. The molecule has 0 aliphatic carbocycles. The van der Waals surface area contributed by atoms with Crippen molar-refractivity contribution in [3.8, 4) is 0 Å². The zero-order chi connectivity index (χ0) is 16.0. The maximum atomic E-state index is 12.1. The van der Waals surface area contributed by atoms with Crippen molar-refractivity contribution in [1.82, 2.24) is 4.90 Å². The number of aromatic carboxylic acids is 1. The number of hydrogen-bond donors (Lipinski definition) is 2. The van der Waals surface area contributed by atoms with Gasteiger partial charge in [-0.25, -0.2) is 9.59 Å². The smallest absolute Gasteiger partial charge is 0.335 e. The van der Waals surface area contributed by atoms with Crippen molar-refractivity contribution in [2.45, 2.75) is 0 Å². The average molecular weight is 329 g/mol. The van der Waals surface area contributed by atoms with Gasteiger partial charge in [-0.3, -0.25) is 0 Å². The van der Waals surface area contributed by atoms with Gasteiger partial charge in [0, 0.05) is 13.1 Å². The standard InChI is InChI=1S/C14H14Cl2N2O3/c1-3-5-18(6-4-2)14(21)17-12-10(15)7-9(13(19)20)8-11(12)16/h3-4,7-8H,1-2,5-6H2,(H,17,21)(H,19,20). The molecule has 0 bridgehead atoms. The highest BCUT2D eigenvalue weighted by Gasteiger charge is 2.17. The number of carbonyl (C=O) groups is 2. The van der Waals surface area contributed by atoms with Crippen molar-refractivity contribution in [2.24, 2.45) is 0 Å². The van der Waals surface area contributed by atoms with E-state index in [0.29, 0.717) is 13.1 Å². The SMILES string of the molecule is C=CCN(CC=C)C(=O)Nc1c(Cl)cc(C(=O)O)cc1Cl. The maximum Gasteiger partial charge on any atom is 0.335 e. The number of carboxylic acids is 1. The molecule has 1 rings (SSSR count). The predicted molar refractivity (Wildman–Crippen MR) is 84.4 cm³/mol. The molecule has 2 N–H and O–H groups in total. The Morgan fingerprint density at radius 2 is 1.67 bits per heavy atom. The van der Waals surface area contributed by atoms with E-state index in [-0.39, 0.29) is 21.3 Å². The van der Waals surface area contributed by atoms with Gasteiger partial charge in [-0.2, -0.15) is 0 Å². The first kappa shape index (κ1) is 17.1. The van der Waals surface area contributed by atoms with Crippen LogP contribution in [0.2, 0.25) is 10.0 Å². The Bertz CT molecular complexity index is 555. The molecule has 2 amide bonds. The van der Waals surface area contributed by atoms with Gasteiger partial charge in [0.15, 0.2) is 0 Å². The molecule has 5 nitrogen and oxygen atoms in total. The van der Waals surface area contributed by atoms with Gasteiger partial charge >= 0.3 is 12.0 Å². The zero-order valence-corrected chi connectivity index (χ0v) is 12.6. The number of carboxylic acid groups (broad SMARTS) is 1. The van der Waals surface area contributed by atoms with E-state index in [1.54, 1.807) is 12.2 Å². The van der Waals surface area contributed by atoms with Crippen LogP contribution in [0.1, 0.15) is 10.4 Å². The number of hydrogen-bond acceptors (Lipinski definition) is 2. The summed E-state index contributed by atoms with van der Waals surface area (Å²) in [5.41, 5.74) is 0.100. The molecule has 0 aliphatic heterocycles. The Labute approximate surface area is 132 Å². The molecule has 0 unspecified atom stereocenters. The molecule has 0 spiro atoms. The number of benzene rings is 1. The zero-order valence-electron chi connectivity index (χ0n) is 11.1. The van der Waals surface area contributed by atoms with Crippen molar-refractivity contribution >= 4 is 40.9 Å². The molecule has 0 aliphatic rings. The summed E-state index contributed by atoms with van der Waals surface area (Å²) in [5, 5.41) is 11.5. The summed E-state index contributed by atoms with van der Waals surface area (Å²) in [4.78, 5) is 24.4. The first-order valence-corrected chi connectivity index (χ1v) is 6.66. The van der Waals surface area contributed by atoms with Gasteiger partial charge in [0.05, 0.1) is 21.3 Å². The molecule has 7 heteroatoms. The monoisotopic (exact) mass is 328 g/mol. The average Bonchev–Trinajstić information content (AvgIpc) is 2.42. The highest BCUT2D eigenvalue weighted by Crippen LogP contribution is 2.32. The molecular formula is C14H14Cl2N2O3. The second-order valence-electron chi connectivity index (χ2n) is 4.03. The molecule has 1 aromatic rings. The largest absolute Gasteiger partial charge is 0.478 e. The van der Waals surface area contributed by atoms with Crippen LogP contribution in [0, 0.1) is 0 Å². The molecule has 0 atom stereocenters. The number of amides is 2. The van der Waals surface area contributed by atoms with E-state index < -0.39 is 12.0 Å². The lowest BCUT2D eigenvalue weighted by Crippen LogP contribution is -2.35. The number of anilines is 1. The number of halogens is 2. The normalized spacial score (nSPS) is 9.81. The summed E-state index contributed by atoms with van der Waals surface area (Å²) in [6, 6.07) is 2.00. The van der Waals surface area contributed by atoms with Crippen molar-refractivity contribution < 1.29 is 14.7 Å². The fraction of sp³-hybridized carbons (Fsp3) is 0.143. The van der Waals surface area contributed by atoms with E-state index in [0.717, 1.165) is 0 Å². The van der Waals surface area contributed by atoms with Crippen LogP contribution in [-0.2, 0) is 0 Å². The molecule has 0 radical (unpaired) electrons. The topological polar surface area (TPSA) is 69.6 Å². The first-order valence-electron chi connectivity index (χ1n) is 5.90. The number of nitrogens with one attached hydrogen (secondary N) is 1. The van der Waals surface area contributed by atoms with Crippen molar-refractivity contribution in [2.75, 3.05) is 18.4 Å². The van der Waals surface area contributed by atoms with Gasteiger partial charge in [0.1, 0.15) is 0 Å². The minimum Gasteiger partial charge on any atom is -0.478 e. The molecule has 112 valence electrons. The third-order valence-corrected chi connectivity index (χ3v) is 3.10. The van der Waals surface area contributed by atoms with Crippen molar-refractivity contribution in [3.05, 3.63) is 53.1 Å². The lowest BCUT2D eigenvalue weighted by molar-refractivity contribution is 0.0697. The summed E-state index contributed by atoms with van der Waals surface area (Å²) >= 11 is 11.9. The van der Waals surface area contributed by atoms with Crippen molar-refractivity contribution in [3.63, 3.8) is 0 Å². The molecule has 21 heavy (non-hydrogen) atoms. The van der Waals surface area contributed by atoms with Gasteiger partial charge in [0.25, 0.3) is 0 Å². The summed E-state index contributed by atoms with van der Waals surface area (Å²) in [6.07, 6.45) is 3.14. The van der Waals surface area contributed by atoms with Gasteiger partial charge in [0.2, 0.25) is 0 Å². The molecule has 0 fully saturated rings. The Balaban J connectivity index is 3.01. The fourth-order valence-corrected chi connectivity index (χ4v) is 2.14.